The zero-order chi connectivity index (χ0) is 11.1. The molecule has 0 amide bonds. The standard InChI is InChI=1S/C8H9N3O3S/c1-11-5-10-7-4-6(2-3-8(7)11)14-15(9,12)13/h2-5H,1H3,(H2,9,12,13). The summed E-state index contributed by atoms with van der Waals surface area (Å²) in [6.07, 6.45) is 1.63. The maximum atomic E-state index is 10.7. The number of aromatic nitrogens is 2. The molecule has 0 saturated carbocycles. The summed E-state index contributed by atoms with van der Waals surface area (Å²) >= 11 is 0. The average molecular weight is 227 g/mol. The molecule has 15 heavy (non-hydrogen) atoms. The SMILES string of the molecule is Cn1cnc2cc(OS(N)(=O)=O)ccc21. The summed E-state index contributed by atoms with van der Waals surface area (Å²) in [4.78, 5) is 4.06. The van der Waals surface area contributed by atoms with Gasteiger partial charge in [-0.3, -0.25) is 0 Å². The highest BCUT2D eigenvalue weighted by molar-refractivity contribution is 7.84. The average Bonchev–Trinajstić information content (AvgIpc) is 2.45. The van der Waals surface area contributed by atoms with Crippen LogP contribution in [0.5, 0.6) is 5.75 Å². The number of nitrogens with two attached hydrogens (primary N) is 1. The molecule has 1 heterocycles. The van der Waals surface area contributed by atoms with Crippen LogP contribution in [0.1, 0.15) is 0 Å². The van der Waals surface area contributed by atoms with E-state index in [4.69, 9.17) is 5.14 Å². The van der Waals surface area contributed by atoms with Crippen LogP contribution in [-0.2, 0) is 17.4 Å². The quantitative estimate of drug-likeness (QED) is 0.791. The Morgan fingerprint density at radius 3 is 2.87 bits per heavy atom. The molecule has 0 atom stereocenters. The number of nitrogens with zero attached hydrogens (tertiary/aromatic N) is 2. The zero-order valence-electron chi connectivity index (χ0n) is 7.91. The summed E-state index contributed by atoms with van der Waals surface area (Å²) in [6.45, 7) is 0. The highest BCUT2D eigenvalue weighted by Gasteiger charge is 2.07. The lowest BCUT2D eigenvalue weighted by molar-refractivity contribution is 0.488. The number of benzene rings is 1. The van der Waals surface area contributed by atoms with Crippen LogP contribution in [0.3, 0.4) is 0 Å². The van der Waals surface area contributed by atoms with Gasteiger partial charge < -0.3 is 8.75 Å². The molecule has 7 heteroatoms. The summed E-state index contributed by atoms with van der Waals surface area (Å²) in [5.41, 5.74) is 1.54. The van der Waals surface area contributed by atoms with Crippen LogP contribution in [0.15, 0.2) is 24.5 Å². The van der Waals surface area contributed by atoms with Crippen LogP contribution in [0.25, 0.3) is 11.0 Å². The summed E-state index contributed by atoms with van der Waals surface area (Å²) in [6, 6.07) is 4.75. The Hall–Kier alpha value is -1.60. The van der Waals surface area contributed by atoms with Crippen molar-refractivity contribution in [1.29, 1.82) is 0 Å². The van der Waals surface area contributed by atoms with E-state index in [2.05, 4.69) is 9.17 Å². The minimum Gasteiger partial charge on any atom is -0.371 e. The van der Waals surface area contributed by atoms with Crippen molar-refractivity contribution in [3.8, 4) is 5.75 Å². The molecule has 2 aromatic rings. The Kier molecular flexibility index (Phi) is 2.13. The van der Waals surface area contributed by atoms with Gasteiger partial charge in [0.1, 0.15) is 5.75 Å². The van der Waals surface area contributed by atoms with E-state index in [0.29, 0.717) is 5.52 Å². The predicted molar refractivity (Wildman–Crippen MR) is 54.4 cm³/mol. The highest BCUT2D eigenvalue weighted by Crippen LogP contribution is 2.19. The van der Waals surface area contributed by atoms with Gasteiger partial charge in [-0.05, 0) is 12.1 Å². The van der Waals surface area contributed by atoms with Gasteiger partial charge in [0.15, 0.2) is 0 Å². The van der Waals surface area contributed by atoms with Gasteiger partial charge in [-0.15, -0.1) is 0 Å². The molecular formula is C8H9N3O3S. The Morgan fingerprint density at radius 2 is 2.20 bits per heavy atom. The maximum absolute atomic E-state index is 10.7. The van der Waals surface area contributed by atoms with Crippen molar-refractivity contribution >= 4 is 21.3 Å². The summed E-state index contributed by atoms with van der Waals surface area (Å²) < 4.78 is 27.7. The van der Waals surface area contributed by atoms with Crippen LogP contribution in [0, 0.1) is 0 Å². The second-order valence-corrected chi connectivity index (χ2v) is 4.23. The van der Waals surface area contributed by atoms with Crippen molar-refractivity contribution in [1.82, 2.24) is 9.55 Å². The van der Waals surface area contributed by atoms with E-state index in [9.17, 15) is 8.42 Å². The van der Waals surface area contributed by atoms with Crippen LogP contribution < -0.4 is 9.32 Å². The fourth-order valence-electron chi connectivity index (χ4n) is 1.30. The molecule has 0 fully saturated rings. The maximum Gasteiger partial charge on any atom is 0.380 e. The van der Waals surface area contributed by atoms with E-state index in [-0.39, 0.29) is 5.75 Å². The third-order valence-corrected chi connectivity index (χ3v) is 2.33. The third kappa shape index (κ3) is 2.08. The Balaban J connectivity index is 2.48. The van der Waals surface area contributed by atoms with E-state index in [1.165, 1.54) is 12.1 Å². The van der Waals surface area contributed by atoms with Crippen LogP contribution in [0.2, 0.25) is 0 Å². The molecule has 0 aliphatic carbocycles. The molecule has 0 spiro atoms. The summed E-state index contributed by atoms with van der Waals surface area (Å²) in [5.74, 6) is 0.156. The van der Waals surface area contributed by atoms with Gasteiger partial charge in [-0.2, -0.15) is 13.6 Å². The Bertz CT molecular complexity index is 603. The molecule has 2 N–H and O–H groups in total. The van der Waals surface area contributed by atoms with Crippen molar-refractivity contribution in [3.63, 3.8) is 0 Å². The molecule has 0 bridgehead atoms. The first-order valence-electron chi connectivity index (χ1n) is 4.09. The largest absolute Gasteiger partial charge is 0.380 e. The molecule has 2 rings (SSSR count). The van der Waals surface area contributed by atoms with Crippen molar-refractivity contribution in [2.24, 2.45) is 12.2 Å². The Morgan fingerprint density at radius 1 is 1.47 bits per heavy atom. The fraction of sp³-hybridized carbons (Fsp3) is 0.125. The van der Waals surface area contributed by atoms with E-state index in [1.807, 2.05) is 11.6 Å². The lowest BCUT2D eigenvalue weighted by Gasteiger charge is -2.01. The second kappa shape index (κ2) is 3.21. The van der Waals surface area contributed by atoms with Crippen LogP contribution in [0.4, 0.5) is 0 Å². The van der Waals surface area contributed by atoms with Crippen molar-refractivity contribution < 1.29 is 12.6 Å². The van der Waals surface area contributed by atoms with Gasteiger partial charge in [0.2, 0.25) is 0 Å². The van der Waals surface area contributed by atoms with E-state index < -0.39 is 10.3 Å². The minimum absolute atomic E-state index is 0.156. The van der Waals surface area contributed by atoms with Gasteiger partial charge in [-0.25, -0.2) is 4.98 Å². The summed E-state index contributed by atoms with van der Waals surface area (Å²) in [5, 5.41) is 4.74. The van der Waals surface area contributed by atoms with Gasteiger partial charge in [0.05, 0.1) is 17.4 Å². The molecule has 0 saturated heterocycles. The number of fused-ring (bicyclic) bond motifs is 1. The molecule has 0 radical (unpaired) electrons. The monoisotopic (exact) mass is 227 g/mol. The smallest absolute Gasteiger partial charge is 0.371 e. The molecular weight excluding hydrogens is 218 g/mol. The van der Waals surface area contributed by atoms with E-state index >= 15 is 0 Å². The van der Waals surface area contributed by atoms with Gasteiger partial charge in [-0.1, -0.05) is 0 Å². The van der Waals surface area contributed by atoms with Crippen LogP contribution in [-0.4, -0.2) is 18.0 Å². The van der Waals surface area contributed by atoms with Crippen molar-refractivity contribution in [2.45, 2.75) is 0 Å². The second-order valence-electron chi connectivity index (χ2n) is 3.08. The van der Waals surface area contributed by atoms with E-state index in [1.54, 1.807) is 12.4 Å². The first kappa shape index (κ1) is 9.94. The molecule has 0 aliphatic heterocycles. The van der Waals surface area contributed by atoms with Gasteiger partial charge in [0, 0.05) is 13.1 Å². The number of rotatable bonds is 2. The van der Waals surface area contributed by atoms with E-state index in [0.717, 1.165) is 5.52 Å². The molecule has 6 nitrogen and oxygen atoms in total. The predicted octanol–water partition coefficient (Wildman–Crippen LogP) is 0.156. The zero-order valence-corrected chi connectivity index (χ0v) is 8.73. The lowest BCUT2D eigenvalue weighted by atomic mass is 10.3. The third-order valence-electron chi connectivity index (χ3n) is 1.91. The lowest BCUT2D eigenvalue weighted by Crippen LogP contribution is -2.18. The van der Waals surface area contributed by atoms with Crippen LogP contribution >= 0.6 is 0 Å². The van der Waals surface area contributed by atoms with Crippen molar-refractivity contribution in [2.75, 3.05) is 0 Å². The molecule has 1 aromatic carbocycles. The Labute approximate surface area is 86.5 Å². The summed E-state index contributed by atoms with van der Waals surface area (Å²) in [7, 11) is -2.13. The molecule has 0 aliphatic rings. The number of hydrogen-bond donors (Lipinski definition) is 1. The number of imidazole rings is 1. The normalized spacial score (nSPS) is 11.9. The molecule has 0 unspecified atom stereocenters. The van der Waals surface area contributed by atoms with Gasteiger partial charge >= 0.3 is 10.3 Å². The van der Waals surface area contributed by atoms with Crippen molar-refractivity contribution in [3.05, 3.63) is 24.5 Å². The minimum atomic E-state index is -3.97. The first-order chi connectivity index (χ1) is 6.96. The van der Waals surface area contributed by atoms with Gasteiger partial charge in [0.25, 0.3) is 0 Å². The topological polar surface area (TPSA) is 87.2 Å². The molecule has 1 aromatic heterocycles. The number of hydrogen-bond acceptors (Lipinski definition) is 4. The highest BCUT2D eigenvalue weighted by atomic mass is 32.2. The fourth-order valence-corrected chi connectivity index (χ4v) is 1.67. The number of aryl methyl sites for hydroxylation is 1. The first-order valence-corrected chi connectivity index (χ1v) is 5.56. The molecule has 80 valence electrons.